The summed E-state index contributed by atoms with van der Waals surface area (Å²) >= 11 is 12.0. The van der Waals surface area contributed by atoms with Gasteiger partial charge < -0.3 is 13.7 Å². The van der Waals surface area contributed by atoms with Crippen LogP contribution in [0.2, 0.25) is 10.0 Å². The van der Waals surface area contributed by atoms with Crippen LogP contribution in [0, 0.1) is 5.82 Å². The van der Waals surface area contributed by atoms with Gasteiger partial charge in [0.1, 0.15) is 17.3 Å². The highest BCUT2D eigenvalue weighted by Gasteiger charge is 2.46. The van der Waals surface area contributed by atoms with Gasteiger partial charge in [0.05, 0.1) is 35.2 Å². The fourth-order valence-electron chi connectivity index (χ4n) is 4.53. The topological polar surface area (TPSA) is 134 Å². The van der Waals surface area contributed by atoms with Crippen LogP contribution in [0.5, 0.6) is 17.4 Å². The molecule has 0 radical (unpaired) electrons. The summed E-state index contributed by atoms with van der Waals surface area (Å²) in [5.41, 5.74) is 0.298. The third-order valence-electron chi connectivity index (χ3n) is 6.31. The number of rotatable bonds is 8. The standard InChI is InChI=1S/C27H22Cl2FN3O8S2/c1-39-27(34)25-24-23(31-33(26(24)41-42(2,35)36)19-5-3-18(30)4-6-19)11-12-32(25)43(37,38)22-9-7-20(8-10-22)40-21-14-16(28)13-17(29)15-21/h3-10,13-15,25H,11-12H2,1-2H3. The molecule has 1 aliphatic rings. The van der Waals surface area contributed by atoms with Crippen LogP contribution in [0.15, 0.2) is 71.6 Å². The molecule has 1 atom stereocenters. The normalized spacial score (nSPS) is 15.5. The Kier molecular flexibility index (Phi) is 8.42. The van der Waals surface area contributed by atoms with Gasteiger partial charge in [-0.15, -0.1) is 0 Å². The molecule has 1 aromatic heterocycles. The average molecular weight is 671 g/mol. The second kappa shape index (κ2) is 11.8. The van der Waals surface area contributed by atoms with Crippen LogP contribution in [-0.4, -0.2) is 56.8 Å². The van der Waals surface area contributed by atoms with Crippen LogP contribution in [-0.2, 0) is 36.1 Å². The predicted molar refractivity (Wildman–Crippen MR) is 154 cm³/mol. The maximum absolute atomic E-state index is 13.9. The van der Waals surface area contributed by atoms with E-state index >= 15 is 0 Å². The Balaban J connectivity index is 1.56. The lowest BCUT2D eigenvalue weighted by Gasteiger charge is -2.32. The number of aromatic nitrogens is 2. The second-order valence-electron chi connectivity index (χ2n) is 9.31. The molecule has 0 spiro atoms. The highest BCUT2D eigenvalue weighted by molar-refractivity contribution is 7.89. The van der Waals surface area contributed by atoms with E-state index in [2.05, 4.69) is 5.10 Å². The highest BCUT2D eigenvalue weighted by Crippen LogP contribution is 2.42. The third kappa shape index (κ3) is 6.48. The zero-order chi connectivity index (χ0) is 31.1. The van der Waals surface area contributed by atoms with Gasteiger partial charge in [-0.05, 0) is 66.7 Å². The quantitative estimate of drug-likeness (QED) is 0.189. The minimum Gasteiger partial charge on any atom is -0.468 e. The Bertz CT molecular complexity index is 1900. The summed E-state index contributed by atoms with van der Waals surface area (Å²) < 4.78 is 83.9. The van der Waals surface area contributed by atoms with Crippen molar-refractivity contribution in [3.05, 3.63) is 93.8 Å². The Morgan fingerprint density at radius 2 is 1.58 bits per heavy atom. The van der Waals surface area contributed by atoms with E-state index in [9.17, 15) is 26.0 Å². The molecule has 11 nitrogen and oxygen atoms in total. The van der Waals surface area contributed by atoms with Crippen LogP contribution in [0.3, 0.4) is 0 Å². The van der Waals surface area contributed by atoms with E-state index in [0.717, 1.165) is 34.5 Å². The lowest BCUT2D eigenvalue weighted by molar-refractivity contribution is -0.145. The van der Waals surface area contributed by atoms with Crippen molar-refractivity contribution in [3.63, 3.8) is 0 Å². The van der Waals surface area contributed by atoms with E-state index in [1.807, 2.05) is 0 Å². The fourth-order valence-corrected chi connectivity index (χ4v) is 7.04. The molecule has 0 saturated heterocycles. The number of sulfonamides is 1. The maximum Gasteiger partial charge on any atom is 0.329 e. The molecular weight excluding hydrogens is 648 g/mol. The Morgan fingerprint density at radius 3 is 2.16 bits per heavy atom. The number of hydrogen-bond donors (Lipinski definition) is 0. The summed E-state index contributed by atoms with van der Waals surface area (Å²) in [4.78, 5) is 13.0. The number of hydrogen-bond acceptors (Lipinski definition) is 9. The van der Waals surface area contributed by atoms with Crippen LogP contribution < -0.4 is 8.92 Å². The van der Waals surface area contributed by atoms with Gasteiger partial charge in [-0.2, -0.15) is 22.5 Å². The van der Waals surface area contributed by atoms with Crippen molar-refractivity contribution in [2.75, 3.05) is 19.9 Å². The molecule has 3 aromatic carbocycles. The summed E-state index contributed by atoms with van der Waals surface area (Å²) in [6.07, 6.45) is 0.778. The SMILES string of the molecule is COC(=O)C1c2c(nn(-c3ccc(F)cc3)c2OS(C)(=O)=O)CCN1S(=O)(=O)c1ccc(Oc2cc(Cl)cc(Cl)c2)cc1. The molecular formula is C27H22Cl2FN3O8S2. The first-order valence-corrected chi connectivity index (χ1v) is 16.4. The van der Waals surface area contributed by atoms with Gasteiger partial charge in [-0.25, -0.2) is 17.6 Å². The number of fused-ring (bicyclic) bond motifs is 1. The van der Waals surface area contributed by atoms with Crippen molar-refractivity contribution in [1.29, 1.82) is 0 Å². The van der Waals surface area contributed by atoms with E-state index in [1.165, 1.54) is 54.6 Å². The monoisotopic (exact) mass is 669 g/mol. The fraction of sp³-hybridized carbons (Fsp3) is 0.185. The molecule has 0 aliphatic carbocycles. The van der Waals surface area contributed by atoms with Crippen LogP contribution in [0.25, 0.3) is 5.69 Å². The summed E-state index contributed by atoms with van der Waals surface area (Å²) in [6, 6.07) is 13.2. The molecule has 1 unspecified atom stereocenters. The molecule has 0 bridgehead atoms. The van der Waals surface area contributed by atoms with E-state index in [4.69, 9.17) is 36.9 Å². The number of halogens is 3. The third-order valence-corrected chi connectivity index (χ3v) is 9.09. The minimum absolute atomic E-state index is 0.00685. The molecule has 43 heavy (non-hydrogen) atoms. The highest BCUT2D eigenvalue weighted by atomic mass is 35.5. The molecule has 2 heterocycles. The van der Waals surface area contributed by atoms with E-state index in [-0.39, 0.29) is 40.6 Å². The largest absolute Gasteiger partial charge is 0.468 e. The number of benzene rings is 3. The van der Waals surface area contributed by atoms with Crippen LogP contribution in [0.1, 0.15) is 17.3 Å². The molecule has 0 fully saturated rings. The Labute approximate surface area is 256 Å². The maximum atomic E-state index is 13.9. The van der Waals surface area contributed by atoms with Crippen LogP contribution in [0.4, 0.5) is 4.39 Å². The summed E-state index contributed by atoms with van der Waals surface area (Å²) in [6.45, 7) is -0.201. The summed E-state index contributed by atoms with van der Waals surface area (Å²) in [7, 11) is -7.53. The molecule has 0 N–H and O–H groups in total. The number of esters is 1. The number of carbonyl (C=O) groups is 1. The lowest BCUT2D eigenvalue weighted by atomic mass is 10.0. The van der Waals surface area contributed by atoms with Crippen LogP contribution >= 0.6 is 23.2 Å². The first-order chi connectivity index (χ1) is 20.3. The molecule has 16 heteroatoms. The van der Waals surface area contributed by atoms with Crippen molar-refractivity contribution >= 4 is 49.3 Å². The molecule has 0 saturated carbocycles. The van der Waals surface area contributed by atoms with Gasteiger partial charge >= 0.3 is 16.1 Å². The Morgan fingerprint density at radius 1 is 0.953 bits per heavy atom. The summed E-state index contributed by atoms with van der Waals surface area (Å²) in [5.74, 6) is -1.36. The van der Waals surface area contributed by atoms with Crippen molar-refractivity contribution in [2.45, 2.75) is 17.4 Å². The zero-order valence-electron chi connectivity index (χ0n) is 22.4. The van der Waals surface area contributed by atoms with Crippen molar-refractivity contribution in [2.24, 2.45) is 0 Å². The zero-order valence-corrected chi connectivity index (χ0v) is 25.5. The smallest absolute Gasteiger partial charge is 0.329 e. The first kappa shape index (κ1) is 30.8. The van der Waals surface area contributed by atoms with Gasteiger partial charge in [0.15, 0.2) is 6.04 Å². The number of carbonyl (C=O) groups excluding carboxylic acids is 1. The molecule has 0 amide bonds. The number of methoxy groups -OCH3 is 1. The summed E-state index contributed by atoms with van der Waals surface area (Å²) in [5, 5.41) is 5.09. The van der Waals surface area contributed by atoms with Gasteiger partial charge in [0.2, 0.25) is 15.9 Å². The van der Waals surface area contributed by atoms with E-state index in [1.54, 1.807) is 0 Å². The number of ether oxygens (including phenoxy) is 2. The van der Waals surface area contributed by atoms with Crippen molar-refractivity contribution in [1.82, 2.24) is 14.1 Å². The van der Waals surface area contributed by atoms with Crippen molar-refractivity contribution < 1.29 is 39.7 Å². The number of nitrogens with zero attached hydrogens (tertiary/aromatic N) is 3. The molecule has 4 aromatic rings. The van der Waals surface area contributed by atoms with Gasteiger partial charge in [0.25, 0.3) is 0 Å². The van der Waals surface area contributed by atoms with Crippen molar-refractivity contribution in [3.8, 4) is 23.1 Å². The first-order valence-electron chi connectivity index (χ1n) is 12.4. The van der Waals surface area contributed by atoms with E-state index in [0.29, 0.717) is 15.8 Å². The second-order valence-corrected chi connectivity index (χ2v) is 13.6. The molecule has 5 rings (SSSR count). The average Bonchev–Trinajstić information content (AvgIpc) is 3.29. The van der Waals surface area contributed by atoms with Gasteiger partial charge in [-0.1, -0.05) is 23.2 Å². The lowest BCUT2D eigenvalue weighted by Crippen LogP contribution is -2.43. The van der Waals surface area contributed by atoms with Gasteiger partial charge in [0, 0.05) is 23.0 Å². The minimum atomic E-state index is -4.39. The molecule has 226 valence electrons. The molecule has 1 aliphatic heterocycles. The Hall–Kier alpha value is -3.69. The van der Waals surface area contributed by atoms with E-state index < -0.39 is 43.8 Å². The predicted octanol–water partition coefficient (Wildman–Crippen LogP) is 4.91. The van der Waals surface area contributed by atoms with Gasteiger partial charge in [-0.3, -0.25) is 0 Å².